The van der Waals surface area contributed by atoms with Gasteiger partial charge in [0.25, 0.3) is 0 Å². The second kappa shape index (κ2) is 39.5. The lowest BCUT2D eigenvalue weighted by molar-refractivity contribution is 0.277. The van der Waals surface area contributed by atoms with Gasteiger partial charge in [-0.3, -0.25) is 0 Å². The molecule has 0 bridgehead atoms. The number of benzene rings is 1. The van der Waals surface area contributed by atoms with Crippen molar-refractivity contribution in [1.29, 1.82) is 0 Å². The predicted octanol–water partition coefficient (Wildman–Crippen LogP) is 21.5. The van der Waals surface area contributed by atoms with Crippen molar-refractivity contribution < 1.29 is 0 Å². The van der Waals surface area contributed by atoms with Crippen molar-refractivity contribution in [2.75, 3.05) is 0 Å². The maximum Gasteiger partial charge on any atom is -0.0231 e. The molecule has 0 amide bonds. The van der Waals surface area contributed by atoms with Crippen molar-refractivity contribution in [2.24, 2.45) is 35.5 Å². The van der Waals surface area contributed by atoms with Gasteiger partial charge in [-0.2, -0.15) is 0 Å². The lowest BCUT2D eigenvalue weighted by Crippen LogP contribution is -2.12. The maximum atomic E-state index is 2.38. The van der Waals surface area contributed by atoms with Crippen molar-refractivity contribution in [3.8, 4) is 0 Å². The predicted molar refractivity (Wildman–Crippen MR) is 284 cm³/mol. The van der Waals surface area contributed by atoms with E-state index in [0.29, 0.717) is 0 Å². The molecule has 61 heavy (non-hydrogen) atoms. The van der Waals surface area contributed by atoms with Crippen molar-refractivity contribution in [3.63, 3.8) is 0 Å². The second-order valence-electron chi connectivity index (χ2n) is 20.3. The average Bonchev–Trinajstić information content (AvgIpc) is 3.96. The second-order valence-corrected chi connectivity index (χ2v) is 20.3. The molecule has 6 aliphatic rings. The first-order valence-electron chi connectivity index (χ1n) is 26.2. The molecule has 2 saturated carbocycles. The normalized spacial score (nSPS) is 25.1. The lowest BCUT2D eigenvalue weighted by atomic mass is 9.82. The standard InChI is InChI=1S/C8H16.2C8H14.C8H10.C7H14.2C7H12.C4H10.C4H8/c4*1-7-5-3-4-6-8(7)2;3*1-6-4-3-5-7(6)2;2*1-3-4-2/h7-8H,3-6H2,1-2H3;3-6H2,1-2H3;5,8H,3-4,6H2,1-2H3;3-6H,1-2H3;6-7H,3-5H2,1-2H3;3-5H2,1-2H3;4,7H,3,5H2,1-2H3;3-4H2,1-2H3;3-4H,1-2H3. The van der Waals surface area contributed by atoms with Crippen LogP contribution in [0, 0.1) is 49.4 Å². The zero-order valence-electron chi connectivity index (χ0n) is 44.9. The highest BCUT2D eigenvalue weighted by Crippen LogP contribution is 2.30. The molecule has 0 heterocycles. The number of rotatable bonds is 1. The number of hydrogen-bond acceptors (Lipinski definition) is 0. The number of hydrogen-bond donors (Lipinski definition) is 0. The van der Waals surface area contributed by atoms with Gasteiger partial charge in [0, 0.05) is 0 Å². The van der Waals surface area contributed by atoms with Gasteiger partial charge in [-0.1, -0.05) is 195 Å². The molecule has 0 heteroatoms. The summed E-state index contributed by atoms with van der Waals surface area (Å²) in [6, 6.07) is 8.36. The van der Waals surface area contributed by atoms with Crippen LogP contribution in [0.25, 0.3) is 0 Å². The fraction of sp³-hybridized carbons (Fsp3) is 0.738. The topological polar surface area (TPSA) is 0 Å². The summed E-state index contributed by atoms with van der Waals surface area (Å²) in [5, 5.41) is 0. The fourth-order valence-electron chi connectivity index (χ4n) is 7.92. The van der Waals surface area contributed by atoms with Crippen LogP contribution in [0.2, 0.25) is 0 Å². The average molecular weight is 844 g/mol. The zero-order valence-corrected chi connectivity index (χ0v) is 44.9. The maximum absolute atomic E-state index is 2.38. The van der Waals surface area contributed by atoms with E-state index in [0.717, 1.165) is 35.5 Å². The summed E-state index contributed by atoms with van der Waals surface area (Å²) in [6.45, 7) is 40.1. The molecule has 6 unspecified atom stereocenters. The number of aryl methyl sites for hydroxylation is 2. The van der Waals surface area contributed by atoms with Crippen LogP contribution < -0.4 is 0 Å². The molecule has 0 saturated heterocycles. The Bertz CT molecular complexity index is 1270. The summed E-state index contributed by atoms with van der Waals surface area (Å²) in [6.07, 6.45) is 38.1. The molecular weight excluding hydrogens is 733 g/mol. The molecule has 1 aromatic carbocycles. The molecule has 6 atom stereocenters. The van der Waals surface area contributed by atoms with E-state index in [4.69, 9.17) is 0 Å². The number of allylic oxidation sites excluding steroid dienone is 10. The van der Waals surface area contributed by atoms with Gasteiger partial charge in [-0.05, 0) is 193 Å². The van der Waals surface area contributed by atoms with E-state index in [1.54, 1.807) is 33.4 Å². The molecular formula is C61H110. The molecule has 2 fully saturated rings. The van der Waals surface area contributed by atoms with Crippen LogP contribution in [0.1, 0.15) is 257 Å². The summed E-state index contributed by atoms with van der Waals surface area (Å²) in [5.41, 5.74) is 12.4. The van der Waals surface area contributed by atoms with Gasteiger partial charge >= 0.3 is 0 Å². The van der Waals surface area contributed by atoms with Crippen LogP contribution >= 0.6 is 0 Å². The SMILES string of the molecule is CC1=C(C)CCC1.CC1=C(C)CCCC1.CC1=CCCC1C.CC1=CCCCC1C.CC1CCCC1C.CC1CCCCC1C.CC=CC.CCCC.Cc1ccccc1C. The Morgan fingerprint density at radius 3 is 0.951 bits per heavy atom. The molecule has 6 aliphatic carbocycles. The molecule has 0 spiro atoms. The fourth-order valence-corrected chi connectivity index (χ4v) is 7.92. The Balaban J connectivity index is 0. The molecule has 7 rings (SSSR count). The summed E-state index contributed by atoms with van der Waals surface area (Å²) in [7, 11) is 0. The van der Waals surface area contributed by atoms with Crippen molar-refractivity contribution >= 4 is 0 Å². The minimum absolute atomic E-state index is 0.865. The van der Waals surface area contributed by atoms with Gasteiger partial charge in [0.2, 0.25) is 0 Å². The van der Waals surface area contributed by atoms with Gasteiger partial charge in [-0.25, -0.2) is 0 Å². The van der Waals surface area contributed by atoms with Gasteiger partial charge < -0.3 is 0 Å². The highest BCUT2D eigenvalue weighted by atomic mass is 14.2. The zero-order chi connectivity index (χ0) is 46.6. The van der Waals surface area contributed by atoms with E-state index in [9.17, 15) is 0 Å². The van der Waals surface area contributed by atoms with Crippen LogP contribution in [0.5, 0.6) is 0 Å². The lowest BCUT2D eigenvalue weighted by Gasteiger charge is -2.24. The minimum atomic E-state index is 0.865. The van der Waals surface area contributed by atoms with Crippen LogP contribution in [-0.2, 0) is 0 Å². The van der Waals surface area contributed by atoms with E-state index in [2.05, 4.69) is 147 Å². The van der Waals surface area contributed by atoms with Crippen LogP contribution in [0.15, 0.2) is 82.0 Å². The smallest absolute Gasteiger partial charge is 0.0231 e. The molecule has 354 valence electrons. The summed E-state index contributed by atoms with van der Waals surface area (Å²) < 4.78 is 0. The van der Waals surface area contributed by atoms with Gasteiger partial charge in [0.05, 0.1) is 0 Å². The van der Waals surface area contributed by atoms with E-state index in [-0.39, 0.29) is 0 Å². The third-order valence-corrected chi connectivity index (χ3v) is 14.9. The van der Waals surface area contributed by atoms with Crippen molar-refractivity contribution in [3.05, 3.63) is 93.1 Å². The summed E-state index contributed by atoms with van der Waals surface area (Å²) in [4.78, 5) is 0. The Morgan fingerprint density at radius 2 is 0.754 bits per heavy atom. The monoisotopic (exact) mass is 843 g/mol. The molecule has 0 aromatic heterocycles. The highest BCUT2D eigenvalue weighted by Gasteiger charge is 2.18. The van der Waals surface area contributed by atoms with Gasteiger partial charge in [-0.15, -0.1) is 0 Å². The largest absolute Gasteiger partial charge is 0.0919 e. The first kappa shape index (κ1) is 61.0. The third-order valence-electron chi connectivity index (χ3n) is 14.9. The van der Waals surface area contributed by atoms with Crippen molar-refractivity contribution in [1.82, 2.24) is 0 Å². The van der Waals surface area contributed by atoms with Crippen LogP contribution in [0.4, 0.5) is 0 Å². The molecule has 0 nitrogen and oxygen atoms in total. The quantitative estimate of drug-likeness (QED) is 0.247. The van der Waals surface area contributed by atoms with Gasteiger partial charge in [0.15, 0.2) is 0 Å². The van der Waals surface area contributed by atoms with E-state index in [1.165, 1.54) is 146 Å². The highest BCUT2D eigenvalue weighted by molar-refractivity contribution is 5.23. The Labute approximate surface area is 386 Å². The van der Waals surface area contributed by atoms with E-state index < -0.39 is 0 Å². The molecule has 1 aromatic rings. The van der Waals surface area contributed by atoms with Crippen LogP contribution in [-0.4, -0.2) is 0 Å². The minimum Gasteiger partial charge on any atom is -0.0919 e. The Hall–Kier alpha value is -2.08. The van der Waals surface area contributed by atoms with Gasteiger partial charge in [0.1, 0.15) is 0 Å². The summed E-state index contributed by atoms with van der Waals surface area (Å²) in [5.74, 6) is 5.77. The van der Waals surface area contributed by atoms with Crippen LogP contribution in [0.3, 0.4) is 0 Å². The summed E-state index contributed by atoms with van der Waals surface area (Å²) >= 11 is 0. The molecule has 0 N–H and O–H groups in total. The number of unbranched alkanes of at least 4 members (excludes halogenated alkanes) is 1. The Kier molecular flexibility index (Phi) is 39.5. The van der Waals surface area contributed by atoms with E-state index >= 15 is 0 Å². The van der Waals surface area contributed by atoms with Crippen molar-refractivity contribution in [2.45, 2.75) is 259 Å². The first-order valence-corrected chi connectivity index (χ1v) is 26.2. The molecule has 0 aliphatic heterocycles. The first-order chi connectivity index (χ1) is 29.0. The molecule has 0 radical (unpaired) electrons. The Morgan fingerprint density at radius 1 is 0.410 bits per heavy atom. The third kappa shape index (κ3) is 33.1. The van der Waals surface area contributed by atoms with E-state index in [1.807, 2.05) is 26.0 Å².